The topological polar surface area (TPSA) is 111 Å². The van der Waals surface area contributed by atoms with Crippen LogP contribution < -0.4 is 10.1 Å². The normalized spacial score (nSPS) is 15.1. The minimum absolute atomic E-state index is 0.0531. The SMILES string of the molecule is CCOC(=O)C1=C(C)N(Cc2ccc(C(=O)NCc3ccco3)o2)C(=O)CC1c1cccc(Oc2ccccc2)c1. The summed E-state index contributed by atoms with van der Waals surface area (Å²) in [5.74, 6) is 0.805. The van der Waals surface area contributed by atoms with Crippen LogP contribution in [0.2, 0.25) is 0 Å². The summed E-state index contributed by atoms with van der Waals surface area (Å²) in [5, 5.41) is 2.73. The molecule has 1 aliphatic heterocycles. The average molecular weight is 555 g/mol. The second-order valence-corrected chi connectivity index (χ2v) is 9.47. The van der Waals surface area contributed by atoms with Crippen molar-refractivity contribution in [3.05, 3.63) is 119 Å². The average Bonchev–Trinajstić information content (AvgIpc) is 3.67. The number of nitrogens with one attached hydrogen (secondary N) is 1. The Morgan fingerprint density at radius 2 is 1.78 bits per heavy atom. The summed E-state index contributed by atoms with van der Waals surface area (Å²) < 4.78 is 22.4. The van der Waals surface area contributed by atoms with Crippen LogP contribution in [0.4, 0.5) is 0 Å². The van der Waals surface area contributed by atoms with Gasteiger partial charge in [-0.3, -0.25) is 9.59 Å². The van der Waals surface area contributed by atoms with Crippen molar-refractivity contribution in [2.45, 2.75) is 39.3 Å². The molecule has 1 unspecified atom stereocenters. The van der Waals surface area contributed by atoms with Crippen LogP contribution in [0.1, 0.15) is 53.8 Å². The standard InChI is InChI=1S/C32H30N2O7/c1-3-38-32(37)30-21(2)34(20-26-14-15-28(41-26)31(36)33-19-25-13-8-16-39-25)29(35)18-27(30)22-9-7-12-24(17-22)40-23-10-5-4-6-11-23/h4-17,27H,3,18-20H2,1-2H3,(H,33,36). The van der Waals surface area contributed by atoms with Gasteiger partial charge in [-0.1, -0.05) is 30.3 Å². The molecule has 0 radical (unpaired) electrons. The Balaban J connectivity index is 1.37. The number of ether oxygens (including phenoxy) is 2. The minimum atomic E-state index is -0.517. The number of esters is 1. The number of benzene rings is 2. The molecule has 1 aliphatic rings. The summed E-state index contributed by atoms with van der Waals surface area (Å²) in [6.45, 7) is 3.94. The number of rotatable bonds is 10. The van der Waals surface area contributed by atoms with Gasteiger partial charge in [0.15, 0.2) is 5.76 Å². The predicted molar refractivity (Wildman–Crippen MR) is 149 cm³/mol. The van der Waals surface area contributed by atoms with Gasteiger partial charge in [0.1, 0.15) is 23.0 Å². The highest BCUT2D eigenvalue weighted by atomic mass is 16.5. The monoisotopic (exact) mass is 554 g/mol. The molecule has 0 aliphatic carbocycles. The van der Waals surface area contributed by atoms with E-state index >= 15 is 0 Å². The van der Waals surface area contributed by atoms with Crippen LogP contribution in [0.15, 0.2) is 105 Å². The Labute approximate surface area is 237 Å². The van der Waals surface area contributed by atoms with Crippen molar-refractivity contribution in [2.24, 2.45) is 0 Å². The van der Waals surface area contributed by atoms with Crippen LogP contribution >= 0.6 is 0 Å². The lowest BCUT2D eigenvalue weighted by atomic mass is 9.83. The van der Waals surface area contributed by atoms with Gasteiger partial charge in [-0.05, 0) is 67.9 Å². The maximum atomic E-state index is 13.4. The van der Waals surface area contributed by atoms with Crippen molar-refractivity contribution >= 4 is 17.8 Å². The van der Waals surface area contributed by atoms with Crippen molar-refractivity contribution < 1.29 is 32.7 Å². The molecule has 5 rings (SSSR count). The van der Waals surface area contributed by atoms with E-state index in [0.29, 0.717) is 34.3 Å². The van der Waals surface area contributed by atoms with Crippen LogP contribution in [-0.4, -0.2) is 29.3 Å². The van der Waals surface area contributed by atoms with Gasteiger partial charge in [0, 0.05) is 18.0 Å². The summed E-state index contributed by atoms with van der Waals surface area (Å²) in [6.07, 6.45) is 1.58. The Morgan fingerprint density at radius 3 is 2.54 bits per heavy atom. The van der Waals surface area contributed by atoms with Gasteiger partial charge in [-0.25, -0.2) is 4.79 Å². The quantitative estimate of drug-likeness (QED) is 0.241. The minimum Gasteiger partial charge on any atom is -0.467 e. The molecule has 41 heavy (non-hydrogen) atoms. The first-order valence-corrected chi connectivity index (χ1v) is 13.3. The molecule has 210 valence electrons. The fourth-order valence-corrected chi connectivity index (χ4v) is 4.79. The third kappa shape index (κ3) is 6.41. The molecule has 0 bridgehead atoms. The number of amides is 2. The third-order valence-corrected chi connectivity index (χ3v) is 6.76. The molecule has 9 nitrogen and oxygen atoms in total. The van der Waals surface area contributed by atoms with Gasteiger partial charge in [0.2, 0.25) is 5.91 Å². The Kier molecular flexibility index (Phi) is 8.34. The van der Waals surface area contributed by atoms with E-state index < -0.39 is 17.8 Å². The molecular weight excluding hydrogens is 524 g/mol. The zero-order chi connectivity index (χ0) is 28.8. The molecule has 1 atom stereocenters. The van der Waals surface area contributed by atoms with Crippen molar-refractivity contribution in [1.29, 1.82) is 0 Å². The van der Waals surface area contributed by atoms with Gasteiger partial charge in [0.05, 0.1) is 31.5 Å². The highest BCUT2D eigenvalue weighted by Gasteiger charge is 2.37. The first-order chi connectivity index (χ1) is 19.9. The van der Waals surface area contributed by atoms with Crippen molar-refractivity contribution in [1.82, 2.24) is 10.2 Å². The van der Waals surface area contributed by atoms with E-state index in [0.717, 1.165) is 5.56 Å². The number of carbonyl (C=O) groups is 3. The first kappa shape index (κ1) is 27.5. The number of para-hydroxylation sites is 1. The van der Waals surface area contributed by atoms with Gasteiger partial charge < -0.3 is 28.5 Å². The number of furan rings is 2. The van der Waals surface area contributed by atoms with Crippen molar-refractivity contribution in [3.8, 4) is 11.5 Å². The van der Waals surface area contributed by atoms with E-state index in [1.807, 2.05) is 54.6 Å². The zero-order valence-corrected chi connectivity index (χ0v) is 22.8. The molecule has 4 aromatic rings. The Hall–Kier alpha value is -5.05. The molecule has 0 saturated carbocycles. The summed E-state index contributed by atoms with van der Waals surface area (Å²) in [5.41, 5.74) is 1.63. The van der Waals surface area contributed by atoms with Gasteiger partial charge >= 0.3 is 5.97 Å². The van der Waals surface area contributed by atoms with E-state index in [1.54, 1.807) is 38.1 Å². The van der Waals surface area contributed by atoms with Crippen LogP contribution in [0.3, 0.4) is 0 Å². The Bertz CT molecular complexity index is 1550. The largest absolute Gasteiger partial charge is 0.467 e. The highest BCUT2D eigenvalue weighted by Crippen LogP contribution is 2.39. The maximum absolute atomic E-state index is 13.4. The predicted octanol–water partition coefficient (Wildman–Crippen LogP) is 5.95. The van der Waals surface area contributed by atoms with E-state index in [4.69, 9.17) is 18.3 Å². The van der Waals surface area contributed by atoms with Gasteiger partial charge in [-0.15, -0.1) is 0 Å². The van der Waals surface area contributed by atoms with Gasteiger partial charge in [0.25, 0.3) is 5.91 Å². The molecule has 0 fully saturated rings. The van der Waals surface area contributed by atoms with E-state index in [2.05, 4.69) is 5.32 Å². The van der Waals surface area contributed by atoms with E-state index in [-0.39, 0.29) is 37.8 Å². The lowest BCUT2D eigenvalue weighted by Gasteiger charge is -2.34. The molecule has 2 aromatic carbocycles. The van der Waals surface area contributed by atoms with Crippen LogP contribution in [0.5, 0.6) is 11.5 Å². The van der Waals surface area contributed by atoms with Crippen molar-refractivity contribution in [2.75, 3.05) is 6.61 Å². The van der Waals surface area contributed by atoms with Crippen molar-refractivity contribution in [3.63, 3.8) is 0 Å². The lowest BCUT2D eigenvalue weighted by molar-refractivity contribution is -0.140. The first-order valence-electron chi connectivity index (χ1n) is 13.3. The molecular formula is C32H30N2O7. The maximum Gasteiger partial charge on any atom is 0.336 e. The molecule has 2 amide bonds. The fourth-order valence-electron chi connectivity index (χ4n) is 4.79. The molecule has 3 heterocycles. The lowest BCUT2D eigenvalue weighted by Crippen LogP contribution is -2.38. The summed E-state index contributed by atoms with van der Waals surface area (Å²) in [7, 11) is 0. The van der Waals surface area contributed by atoms with Crippen LogP contribution in [-0.2, 0) is 27.4 Å². The second-order valence-electron chi connectivity index (χ2n) is 9.47. The number of hydrogen-bond acceptors (Lipinski definition) is 7. The summed E-state index contributed by atoms with van der Waals surface area (Å²) in [4.78, 5) is 40.7. The number of allylic oxidation sites excluding steroid dienone is 1. The number of carbonyl (C=O) groups excluding carboxylic acids is 3. The van der Waals surface area contributed by atoms with E-state index in [9.17, 15) is 14.4 Å². The second kappa shape index (κ2) is 12.4. The zero-order valence-electron chi connectivity index (χ0n) is 22.8. The molecule has 9 heteroatoms. The van der Waals surface area contributed by atoms with Crippen LogP contribution in [0, 0.1) is 0 Å². The smallest absolute Gasteiger partial charge is 0.336 e. The fraction of sp³-hybridized carbons (Fsp3) is 0.219. The summed E-state index contributed by atoms with van der Waals surface area (Å²) >= 11 is 0. The molecule has 0 spiro atoms. The molecule has 2 aromatic heterocycles. The summed E-state index contributed by atoms with van der Waals surface area (Å²) in [6, 6.07) is 23.4. The molecule has 0 saturated heterocycles. The van der Waals surface area contributed by atoms with E-state index in [1.165, 1.54) is 11.2 Å². The molecule has 1 N–H and O–H groups in total. The highest BCUT2D eigenvalue weighted by molar-refractivity contribution is 5.96. The number of nitrogens with zero attached hydrogens (tertiary/aromatic N) is 1. The van der Waals surface area contributed by atoms with Gasteiger partial charge in [-0.2, -0.15) is 0 Å². The number of hydrogen-bond donors (Lipinski definition) is 1. The van der Waals surface area contributed by atoms with Crippen LogP contribution in [0.25, 0.3) is 0 Å². The third-order valence-electron chi connectivity index (χ3n) is 6.76. The Morgan fingerprint density at radius 1 is 0.976 bits per heavy atom.